The Labute approximate surface area is 175 Å². The van der Waals surface area contributed by atoms with Crippen LogP contribution in [0.1, 0.15) is 44.6 Å². The number of guanidine groups is 1. The van der Waals surface area contributed by atoms with Crippen molar-refractivity contribution in [1.29, 1.82) is 0 Å². The lowest BCUT2D eigenvalue weighted by atomic mass is 10.1. The van der Waals surface area contributed by atoms with Gasteiger partial charge in [0.25, 0.3) is 0 Å². The molecule has 0 radical (unpaired) electrons. The molecule has 162 valence electrons. The average Bonchev–Trinajstić information content (AvgIpc) is 3.29. The van der Waals surface area contributed by atoms with Crippen molar-refractivity contribution in [2.24, 2.45) is 4.99 Å². The lowest BCUT2D eigenvalue weighted by molar-refractivity contribution is 0.232. The van der Waals surface area contributed by atoms with Crippen molar-refractivity contribution < 1.29 is 8.42 Å². The Morgan fingerprint density at radius 1 is 0.966 bits per heavy atom. The van der Waals surface area contributed by atoms with Crippen molar-refractivity contribution in [2.45, 2.75) is 50.5 Å². The third kappa shape index (κ3) is 6.42. The van der Waals surface area contributed by atoms with E-state index in [0.717, 1.165) is 44.0 Å². The smallest absolute Gasteiger partial charge is 0.243 e. The summed E-state index contributed by atoms with van der Waals surface area (Å²) in [5.74, 6) is 0.804. The molecule has 2 fully saturated rings. The molecule has 2 aliphatic rings. The molecule has 0 unspecified atom stereocenters. The third-order valence-corrected chi connectivity index (χ3v) is 7.47. The standard InChI is InChI=1S/C21H35N5O2S/c1-2-22-21(23-12-17-25-13-4-3-5-14-25)24-18-19-8-10-20(11-9-19)29(27,28)26-15-6-7-16-26/h8-11H,2-7,12-18H2,1H3,(H2,22,23,24). The summed E-state index contributed by atoms with van der Waals surface area (Å²) in [7, 11) is -3.35. The zero-order valence-corrected chi connectivity index (χ0v) is 18.4. The molecular formula is C21H35N5O2S. The Kier molecular flexibility index (Phi) is 8.32. The molecule has 2 N–H and O–H groups in total. The van der Waals surface area contributed by atoms with E-state index in [2.05, 4.69) is 27.4 Å². The van der Waals surface area contributed by atoms with Gasteiger partial charge in [0.05, 0.1) is 11.4 Å². The summed E-state index contributed by atoms with van der Waals surface area (Å²) >= 11 is 0. The van der Waals surface area contributed by atoms with Gasteiger partial charge in [-0.2, -0.15) is 4.31 Å². The van der Waals surface area contributed by atoms with Crippen LogP contribution in [0.25, 0.3) is 0 Å². The fourth-order valence-corrected chi connectivity index (χ4v) is 5.39. The Bertz CT molecular complexity index is 752. The van der Waals surface area contributed by atoms with E-state index >= 15 is 0 Å². The molecule has 2 heterocycles. The lowest BCUT2D eigenvalue weighted by Crippen LogP contribution is -2.42. The van der Waals surface area contributed by atoms with Crippen LogP contribution in [0.15, 0.2) is 34.2 Å². The Morgan fingerprint density at radius 3 is 2.28 bits per heavy atom. The molecule has 0 atom stereocenters. The van der Waals surface area contributed by atoms with Gasteiger partial charge in [0.15, 0.2) is 5.96 Å². The third-order valence-electron chi connectivity index (χ3n) is 5.56. The van der Waals surface area contributed by atoms with Crippen molar-refractivity contribution in [2.75, 3.05) is 45.8 Å². The first kappa shape index (κ1) is 22.1. The van der Waals surface area contributed by atoms with Crippen LogP contribution in [0.4, 0.5) is 0 Å². The number of aliphatic imine (C=N–C) groups is 1. The topological polar surface area (TPSA) is 77.0 Å². The highest BCUT2D eigenvalue weighted by Gasteiger charge is 2.26. The van der Waals surface area contributed by atoms with Gasteiger partial charge < -0.3 is 15.5 Å². The van der Waals surface area contributed by atoms with E-state index in [-0.39, 0.29) is 0 Å². The van der Waals surface area contributed by atoms with Gasteiger partial charge in [-0.3, -0.25) is 0 Å². The Morgan fingerprint density at radius 2 is 1.62 bits per heavy atom. The molecule has 8 heteroatoms. The van der Waals surface area contributed by atoms with Crippen molar-refractivity contribution in [3.8, 4) is 0 Å². The molecule has 1 aromatic rings. The van der Waals surface area contributed by atoms with Crippen molar-refractivity contribution >= 4 is 16.0 Å². The van der Waals surface area contributed by atoms with E-state index in [9.17, 15) is 8.42 Å². The van der Waals surface area contributed by atoms with Gasteiger partial charge in [-0.15, -0.1) is 0 Å². The SMILES string of the molecule is CCNC(=NCc1ccc(S(=O)(=O)N2CCCC2)cc1)NCCN1CCCCC1. The minimum Gasteiger partial charge on any atom is -0.357 e. The van der Waals surface area contributed by atoms with Crippen LogP contribution in [0.3, 0.4) is 0 Å². The molecule has 0 saturated carbocycles. The van der Waals surface area contributed by atoms with Crippen LogP contribution in [-0.2, 0) is 16.6 Å². The largest absolute Gasteiger partial charge is 0.357 e. The zero-order valence-electron chi connectivity index (χ0n) is 17.6. The molecule has 0 spiro atoms. The van der Waals surface area contributed by atoms with Crippen LogP contribution in [0.5, 0.6) is 0 Å². The Hall–Kier alpha value is -1.64. The molecule has 0 amide bonds. The maximum Gasteiger partial charge on any atom is 0.243 e. The summed E-state index contributed by atoms with van der Waals surface area (Å²) in [6.45, 7) is 8.94. The second-order valence-electron chi connectivity index (χ2n) is 7.78. The summed E-state index contributed by atoms with van der Waals surface area (Å²) < 4.78 is 26.8. The first-order valence-electron chi connectivity index (χ1n) is 10.9. The highest BCUT2D eigenvalue weighted by atomic mass is 32.2. The predicted molar refractivity (Wildman–Crippen MR) is 118 cm³/mol. The number of sulfonamides is 1. The summed E-state index contributed by atoms with van der Waals surface area (Å²) in [5, 5.41) is 6.69. The van der Waals surface area contributed by atoms with Crippen LogP contribution in [-0.4, -0.2) is 69.4 Å². The molecular weight excluding hydrogens is 386 g/mol. The van der Waals surface area contributed by atoms with Gasteiger partial charge in [-0.05, 0) is 63.4 Å². The van der Waals surface area contributed by atoms with Crippen LogP contribution in [0.2, 0.25) is 0 Å². The maximum atomic E-state index is 12.6. The second-order valence-corrected chi connectivity index (χ2v) is 9.72. The second kappa shape index (κ2) is 10.9. The number of piperidine rings is 1. The van der Waals surface area contributed by atoms with Crippen molar-refractivity contribution in [3.63, 3.8) is 0 Å². The fraction of sp³-hybridized carbons (Fsp3) is 0.667. The van der Waals surface area contributed by atoms with E-state index in [1.54, 1.807) is 16.4 Å². The highest BCUT2D eigenvalue weighted by molar-refractivity contribution is 7.89. The summed E-state index contributed by atoms with van der Waals surface area (Å²) in [5.41, 5.74) is 0.999. The minimum absolute atomic E-state index is 0.374. The van der Waals surface area contributed by atoms with Crippen LogP contribution in [0, 0.1) is 0 Å². The molecule has 0 aliphatic carbocycles. The summed E-state index contributed by atoms with van der Waals surface area (Å²) in [4.78, 5) is 7.53. The zero-order chi connectivity index (χ0) is 20.5. The first-order valence-corrected chi connectivity index (χ1v) is 12.4. The minimum atomic E-state index is -3.35. The first-order chi connectivity index (χ1) is 14.1. The van der Waals surface area contributed by atoms with Gasteiger partial charge in [-0.1, -0.05) is 18.6 Å². The van der Waals surface area contributed by atoms with Gasteiger partial charge in [-0.25, -0.2) is 13.4 Å². The number of rotatable bonds is 8. The number of likely N-dealkylation sites (tertiary alicyclic amines) is 1. The number of nitrogens with one attached hydrogen (secondary N) is 2. The number of hydrogen-bond acceptors (Lipinski definition) is 4. The van der Waals surface area contributed by atoms with Gasteiger partial charge in [0, 0.05) is 32.7 Å². The van der Waals surface area contributed by atoms with E-state index in [0.29, 0.717) is 24.5 Å². The predicted octanol–water partition coefficient (Wildman–Crippen LogP) is 2.01. The highest BCUT2D eigenvalue weighted by Crippen LogP contribution is 2.21. The van der Waals surface area contributed by atoms with E-state index < -0.39 is 10.0 Å². The van der Waals surface area contributed by atoms with E-state index in [1.807, 2.05) is 12.1 Å². The van der Waals surface area contributed by atoms with Crippen molar-refractivity contribution in [3.05, 3.63) is 29.8 Å². The molecule has 1 aromatic carbocycles. The molecule has 29 heavy (non-hydrogen) atoms. The lowest BCUT2D eigenvalue weighted by Gasteiger charge is -2.26. The number of nitrogens with zero attached hydrogens (tertiary/aromatic N) is 3. The molecule has 2 saturated heterocycles. The van der Waals surface area contributed by atoms with Crippen LogP contribution >= 0.6 is 0 Å². The van der Waals surface area contributed by atoms with Crippen LogP contribution < -0.4 is 10.6 Å². The maximum absolute atomic E-state index is 12.6. The van der Waals surface area contributed by atoms with Crippen molar-refractivity contribution in [1.82, 2.24) is 19.8 Å². The van der Waals surface area contributed by atoms with E-state index in [1.165, 1.54) is 32.4 Å². The molecule has 2 aliphatic heterocycles. The summed E-state index contributed by atoms with van der Waals surface area (Å²) in [6, 6.07) is 7.14. The molecule has 0 aromatic heterocycles. The van der Waals surface area contributed by atoms with Gasteiger partial charge in [0.2, 0.25) is 10.0 Å². The van der Waals surface area contributed by atoms with E-state index in [4.69, 9.17) is 0 Å². The molecule has 0 bridgehead atoms. The number of hydrogen-bond donors (Lipinski definition) is 2. The molecule has 3 rings (SSSR count). The quantitative estimate of drug-likeness (QED) is 0.496. The normalized spacial score (nSPS) is 19.4. The summed E-state index contributed by atoms with van der Waals surface area (Å²) in [6.07, 6.45) is 5.86. The monoisotopic (exact) mass is 421 g/mol. The fourth-order valence-electron chi connectivity index (χ4n) is 3.87. The average molecular weight is 422 g/mol. The van der Waals surface area contributed by atoms with Gasteiger partial charge in [0.1, 0.15) is 0 Å². The molecule has 7 nitrogen and oxygen atoms in total. The Balaban J connectivity index is 1.53. The number of benzene rings is 1. The van der Waals surface area contributed by atoms with Gasteiger partial charge >= 0.3 is 0 Å².